The van der Waals surface area contributed by atoms with Crippen LogP contribution in [0.3, 0.4) is 0 Å². The van der Waals surface area contributed by atoms with E-state index in [1.54, 1.807) is 10.9 Å². The Hall–Kier alpha value is -2.30. The number of para-hydroxylation sites is 1. The smallest absolute Gasteiger partial charge is 0.225 e. The summed E-state index contributed by atoms with van der Waals surface area (Å²) in [6.45, 7) is 1.22. The molecule has 0 radical (unpaired) electrons. The van der Waals surface area contributed by atoms with Crippen molar-refractivity contribution < 1.29 is 4.79 Å². The predicted molar refractivity (Wildman–Crippen MR) is 77.2 cm³/mol. The van der Waals surface area contributed by atoms with Crippen molar-refractivity contribution in [3.63, 3.8) is 0 Å². The summed E-state index contributed by atoms with van der Waals surface area (Å²) in [5, 5.41) is 10.4. The van der Waals surface area contributed by atoms with E-state index in [0.29, 0.717) is 13.1 Å². The van der Waals surface area contributed by atoms with Crippen LogP contribution in [0, 0.1) is 5.92 Å². The van der Waals surface area contributed by atoms with Gasteiger partial charge in [0.1, 0.15) is 0 Å². The Kier molecular flexibility index (Phi) is 3.41. The second-order valence-electron chi connectivity index (χ2n) is 5.18. The molecular weight excluding hydrogens is 252 g/mol. The Morgan fingerprint density at radius 2 is 2.35 bits per heavy atom. The van der Waals surface area contributed by atoms with Crippen molar-refractivity contribution >= 4 is 11.6 Å². The lowest BCUT2D eigenvalue weighted by Gasteiger charge is -2.25. The molecule has 1 atom stereocenters. The van der Waals surface area contributed by atoms with Gasteiger partial charge in [-0.15, -0.1) is 0 Å². The zero-order valence-electron chi connectivity index (χ0n) is 11.5. The number of aryl methyl sites for hydroxylation is 1. The molecule has 0 saturated carbocycles. The van der Waals surface area contributed by atoms with Gasteiger partial charge in [-0.25, -0.2) is 0 Å². The standard InChI is InChI=1S/C15H18N4O/c1-19-10-11(8-18-19)7-17-15(20)13-6-12-4-2-3-5-14(12)16-9-13/h2-5,8,10,13,16H,6-7,9H2,1H3,(H,17,20). The third-order valence-corrected chi connectivity index (χ3v) is 3.62. The van der Waals surface area contributed by atoms with Gasteiger partial charge in [0.25, 0.3) is 0 Å². The van der Waals surface area contributed by atoms with Crippen LogP contribution in [0.4, 0.5) is 5.69 Å². The molecule has 1 amide bonds. The van der Waals surface area contributed by atoms with Gasteiger partial charge in [0.15, 0.2) is 0 Å². The van der Waals surface area contributed by atoms with Crippen LogP contribution in [-0.4, -0.2) is 22.2 Å². The molecule has 0 spiro atoms. The quantitative estimate of drug-likeness (QED) is 0.884. The third kappa shape index (κ3) is 2.66. The highest BCUT2D eigenvalue weighted by Gasteiger charge is 2.23. The molecule has 1 aliphatic heterocycles. The number of amides is 1. The average molecular weight is 270 g/mol. The fourth-order valence-electron chi connectivity index (χ4n) is 2.52. The van der Waals surface area contributed by atoms with E-state index >= 15 is 0 Å². The molecule has 2 heterocycles. The molecule has 5 nitrogen and oxygen atoms in total. The van der Waals surface area contributed by atoms with Gasteiger partial charge in [0, 0.05) is 37.6 Å². The maximum atomic E-state index is 12.2. The maximum Gasteiger partial charge on any atom is 0.225 e. The maximum absolute atomic E-state index is 12.2. The highest BCUT2D eigenvalue weighted by Crippen LogP contribution is 2.24. The van der Waals surface area contributed by atoms with Crippen molar-refractivity contribution in [2.75, 3.05) is 11.9 Å². The first-order valence-electron chi connectivity index (χ1n) is 6.79. The molecule has 1 aliphatic rings. The Balaban J connectivity index is 1.59. The van der Waals surface area contributed by atoms with Crippen LogP contribution in [0.15, 0.2) is 36.7 Å². The number of nitrogens with one attached hydrogen (secondary N) is 2. The number of rotatable bonds is 3. The number of nitrogens with zero attached hydrogens (tertiary/aromatic N) is 2. The summed E-state index contributed by atoms with van der Waals surface area (Å²) in [4.78, 5) is 12.2. The van der Waals surface area contributed by atoms with Crippen LogP contribution in [-0.2, 0) is 24.8 Å². The minimum absolute atomic E-state index is 0.0124. The van der Waals surface area contributed by atoms with Crippen molar-refractivity contribution in [3.8, 4) is 0 Å². The molecule has 3 rings (SSSR count). The Bertz CT molecular complexity index is 620. The topological polar surface area (TPSA) is 59.0 Å². The van der Waals surface area contributed by atoms with Crippen LogP contribution in [0.1, 0.15) is 11.1 Å². The van der Waals surface area contributed by atoms with Crippen molar-refractivity contribution in [1.82, 2.24) is 15.1 Å². The normalized spacial score (nSPS) is 17.1. The molecule has 2 N–H and O–H groups in total. The van der Waals surface area contributed by atoms with E-state index in [-0.39, 0.29) is 11.8 Å². The summed E-state index contributed by atoms with van der Waals surface area (Å²) in [7, 11) is 1.87. The monoisotopic (exact) mass is 270 g/mol. The summed E-state index contributed by atoms with van der Waals surface area (Å²) >= 11 is 0. The van der Waals surface area contributed by atoms with Crippen LogP contribution in [0.2, 0.25) is 0 Å². The lowest BCUT2D eigenvalue weighted by atomic mass is 9.93. The number of benzene rings is 1. The first kappa shape index (κ1) is 12.7. The summed E-state index contributed by atoms with van der Waals surface area (Å²) in [6, 6.07) is 8.15. The number of carbonyl (C=O) groups is 1. The van der Waals surface area contributed by atoms with Gasteiger partial charge in [0.2, 0.25) is 5.91 Å². The number of fused-ring (bicyclic) bond motifs is 1. The Morgan fingerprint density at radius 1 is 1.50 bits per heavy atom. The lowest BCUT2D eigenvalue weighted by molar-refractivity contribution is -0.124. The van der Waals surface area contributed by atoms with Gasteiger partial charge in [-0.1, -0.05) is 18.2 Å². The Labute approximate surface area is 118 Å². The molecule has 0 fully saturated rings. The number of anilines is 1. The van der Waals surface area contributed by atoms with Crippen molar-refractivity contribution in [2.45, 2.75) is 13.0 Å². The number of hydrogen-bond acceptors (Lipinski definition) is 3. The van der Waals surface area contributed by atoms with Gasteiger partial charge in [-0.05, 0) is 18.1 Å². The lowest BCUT2D eigenvalue weighted by Crippen LogP contribution is -2.37. The van der Waals surface area contributed by atoms with E-state index in [9.17, 15) is 4.79 Å². The summed E-state index contributed by atoms with van der Waals surface area (Å²) in [5.41, 5.74) is 3.37. The van der Waals surface area contributed by atoms with E-state index in [1.807, 2.05) is 25.4 Å². The fraction of sp³-hybridized carbons (Fsp3) is 0.333. The molecule has 1 unspecified atom stereocenters. The van der Waals surface area contributed by atoms with Crippen molar-refractivity contribution in [3.05, 3.63) is 47.8 Å². The molecule has 1 aromatic carbocycles. The predicted octanol–water partition coefficient (Wildman–Crippen LogP) is 1.32. The highest BCUT2D eigenvalue weighted by atomic mass is 16.1. The number of aromatic nitrogens is 2. The highest BCUT2D eigenvalue weighted by molar-refractivity contribution is 5.80. The second kappa shape index (κ2) is 5.36. The first-order chi connectivity index (χ1) is 9.72. The van der Waals surface area contributed by atoms with E-state index in [0.717, 1.165) is 17.7 Å². The zero-order chi connectivity index (χ0) is 13.9. The van der Waals surface area contributed by atoms with E-state index in [2.05, 4.69) is 27.9 Å². The summed E-state index contributed by atoms with van der Waals surface area (Å²) in [5.74, 6) is 0.0810. The molecule has 104 valence electrons. The SMILES string of the molecule is Cn1cc(CNC(=O)C2CNc3ccccc3C2)cn1. The molecule has 0 bridgehead atoms. The van der Waals surface area contributed by atoms with E-state index < -0.39 is 0 Å². The van der Waals surface area contributed by atoms with Crippen molar-refractivity contribution in [2.24, 2.45) is 13.0 Å². The average Bonchev–Trinajstić information content (AvgIpc) is 2.90. The molecule has 0 saturated heterocycles. The molecule has 5 heteroatoms. The minimum atomic E-state index is -0.0124. The van der Waals surface area contributed by atoms with Gasteiger partial charge >= 0.3 is 0 Å². The molecular formula is C15H18N4O. The molecule has 20 heavy (non-hydrogen) atoms. The number of carbonyl (C=O) groups excluding carboxylic acids is 1. The largest absolute Gasteiger partial charge is 0.384 e. The van der Waals surface area contributed by atoms with Crippen molar-refractivity contribution in [1.29, 1.82) is 0 Å². The van der Waals surface area contributed by atoms with Gasteiger partial charge < -0.3 is 10.6 Å². The Morgan fingerprint density at radius 3 is 3.15 bits per heavy atom. The second-order valence-corrected chi connectivity index (χ2v) is 5.18. The van der Waals surface area contributed by atoms with Gasteiger partial charge in [-0.2, -0.15) is 5.10 Å². The molecule has 1 aromatic heterocycles. The van der Waals surface area contributed by atoms with Crippen LogP contribution < -0.4 is 10.6 Å². The summed E-state index contributed by atoms with van der Waals surface area (Å²) < 4.78 is 1.74. The number of hydrogen-bond donors (Lipinski definition) is 2. The summed E-state index contributed by atoms with van der Waals surface area (Å²) in [6.07, 6.45) is 4.48. The molecule has 0 aliphatic carbocycles. The fourth-order valence-corrected chi connectivity index (χ4v) is 2.52. The van der Waals surface area contributed by atoms with Gasteiger partial charge in [-0.3, -0.25) is 9.48 Å². The van der Waals surface area contributed by atoms with E-state index in [1.165, 1.54) is 5.56 Å². The van der Waals surface area contributed by atoms with Crippen LogP contribution in [0.5, 0.6) is 0 Å². The van der Waals surface area contributed by atoms with Crippen LogP contribution in [0.25, 0.3) is 0 Å². The first-order valence-corrected chi connectivity index (χ1v) is 6.79. The van der Waals surface area contributed by atoms with E-state index in [4.69, 9.17) is 0 Å². The zero-order valence-corrected chi connectivity index (χ0v) is 11.5. The van der Waals surface area contributed by atoms with Gasteiger partial charge in [0.05, 0.1) is 12.1 Å². The third-order valence-electron chi connectivity index (χ3n) is 3.62. The minimum Gasteiger partial charge on any atom is -0.384 e. The van der Waals surface area contributed by atoms with Crippen LogP contribution >= 0.6 is 0 Å². The molecule has 2 aromatic rings.